The largest absolute Gasteiger partial charge is 0.271 e. The summed E-state index contributed by atoms with van der Waals surface area (Å²) < 4.78 is 0.948. The van der Waals surface area contributed by atoms with Crippen molar-refractivity contribution >= 4 is 27.5 Å². The molecule has 0 spiro atoms. The van der Waals surface area contributed by atoms with Crippen LogP contribution < -0.4 is 5.43 Å². The maximum atomic E-state index is 11.8. The smallest absolute Gasteiger partial charge is 0.267 e. The summed E-state index contributed by atoms with van der Waals surface area (Å²) in [7, 11) is 0. The highest BCUT2D eigenvalue weighted by Crippen LogP contribution is 2.15. The number of hydrazone groups is 1. The number of nitrogens with one attached hydrogen (secondary N) is 1. The fourth-order valence-electron chi connectivity index (χ4n) is 0.968. The van der Waals surface area contributed by atoms with E-state index in [0.29, 0.717) is 5.56 Å². The predicted octanol–water partition coefficient (Wildman–Crippen LogP) is 3.60. The van der Waals surface area contributed by atoms with E-state index in [1.807, 2.05) is 19.1 Å². The van der Waals surface area contributed by atoms with E-state index in [-0.39, 0.29) is 11.3 Å². The van der Waals surface area contributed by atoms with Crippen molar-refractivity contribution in [1.29, 1.82) is 0 Å². The van der Waals surface area contributed by atoms with Crippen LogP contribution >= 0.6 is 15.9 Å². The van der Waals surface area contributed by atoms with Crippen molar-refractivity contribution in [2.45, 2.75) is 27.7 Å². The molecule has 0 aliphatic rings. The first kappa shape index (κ1) is 13.9. The molecule has 92 valence electrons. The fourth-order valence-corrected chi connectivity index (χ4v) is 1.23. The van der Waals surface area contributed by atoms with Crippen LogP contribution in [0.5, 0.6) is 0 Å². The summed E-state index contributed by atoms with van der Waals surface area (Å²) in [4.78, 5) is 11.8. The predicted molar refractivity (Wildman–Crippen MR) is 74.2 cm³/mol. The van der Waals surface area contributed by atoms with Gasteiger partial charge >= 0.3 is 0 Å². The van der Waals surface area contributed by atoms with E-state index in [4.69, 9.17) is 0 Å². The van der Waals surface area contributed by atoms with Crippen molar-refractivity contribution < 1.29 is 4.79 Å². The molecule has 0 aromatic heterocycles. The topological polar surface area (TPSA) is 41.5 Å². The zero-order valence-corrected chi connectivity index (χ0v) is 12.1. The van der Waals surface area contributed by atoms with Gasteiger partial charge in [-0.15, -0.1) is 0 Å². The van der Waals surface area contributed by atoms with Gasteiger partial charge in [-0.25, -0.2) is 5.43 Å². The third-order valence-electron chi connectivity index (χ3n) is 2.52. The molecule has 0 heterocycles. The summed E-state index contributed by atoms with van der Waals surface area (Å²) in [6.45, 7) is 8.06. The normalized spacial score (nSPS) is 12.4. The lowest BCUT2D eigenvalue weighted by atomic mass is 9.91. The van der Waals surface area contributed by atoms with Crippen LogP contribution in [0.25, 0.3) is 0 Å². The Hall–Kier alpha value is -1.16. The van der Waals surface area contributed by atoms with Crippen LogP contribution in [0.2, 0.25) is 0 Å². The minimum atomic E-state index is -0.193. The number of amides is 1. The third-order valence-corrected chi connectivity index (χ3v) is 3.05. The van der Waals surface area contributed by atoms with Crippen LogP contribution in [0.1, 0.15) is 38.1 Å². The molecule has 17 heavy (non-hydrogen) atoms. The molecular weight excluding hydrogens is 280 g/mol. The minimum Gasteiger partial charge on any atom is -0.267 e. The minimum absolute atomic E-state index is 0.0347. The van der Waals surface area contributed by atoms with E-state index in [0.717, 1.165) is 10.2 Å². The first-order chi connectivity index (χ1) is 7.80. The number of benzene rings is 1. The van der Waals surface area contributed by atoms with Crippen molar-refractivity contribution in [3.05, 3.63) is 34.3 Å². The summed E-state index contributed by atoms with van der Waals surface area (Å²) in [5, 5.41) is 4.10. The molecule has 1 N–H and O–H groups in total. The van der Waals surface area contributed by atoms with Crippen LogP contribution in [0.4, 0.5) is 0 Å². The molecule has 0 atom stereocenters. The van der Waals surface area contributed by atoms with Gasteiger partial charge in [-0.3, -0.25) is 4.79 Å². The first-order valence-electron chi connectivity index (χ1n) is 5.41. The quantitative estimate of drug-likeness (QED) is 0.657. The molecule has 0 aliphatic carbocycles. The Labute approximate surface area is 110 Å². The summed E-state index contributed by atoms with van der Waals surface area (Å²) in [6, 6.07) is 7.16. The number of halogens is 1. The number of hydrogen-bond donors (Lipinski definition) is 1. The Morgan fingerprint density at radius 2 is 1.76 bits per heavy atom. The Balaban J connectivity index is 2.71. The van der Waals surface area contributed by atoms with E-state index in [2.05, 4.69) is 47.2 Å². The van der Waals surface area contributed by atoms with Gasteiger partial charge in [0.05, 0.1) is 0 Å². The van der Waals surface area contributed by atoms with Gasteiger partial charge in [0.2, 0.25) is 0 Å². The second kappa shape index (κ2) is 5.45. The van der Waals surface area contributed by atoms with Crippen molar-refractivity contribution in [3.8, 4) is 0 Å². The number of nitrogens with zero attached hydrogens (tertiary/aromatic N) is 1. The molecule has 3 nitrogen and oxygen atoms in total. The first-order valence-corrected chi connectivity index (χ1v) is 6.20. The molecule has 0 radical (unpaired) electrons. The van der Waals surface area contributed by atoms with E-state index in [1.165, 1.54) is 0 Å². The van der Waals surface area contributed by atoms with Crippen molar-refractivity contribution in [2.75, 3.05) is 0 Å². The standard InChI is InChI=1S/C13H17BrN2O/c1-9(13(2,3)4)15-16-12(17)10-5-7-11(14)8-6-10/h5-8H,1-4H3,(H,16,17). The van der Waals surface area contributed by atoms with Crippen LogP contribution in [0, 0.1) is 5.41 Å². The second-order valence-corrected chi connectivity index (χ2v) is 5.81. The summed E-state index contributed by atoms with van der Waals surface area (Å²) in [5.41, 5.74) is 4.01. The molecule has 1 amide bonds. The van der Waals surface area contributed by atoms with Crippen LogP contribution in [0.3, 0.4) is 0 Å². The number of carbonyl (C=O) groups is 1. The molecule has 0 fully saturated rings. The van der Waals surface area contributed by atoms with Crippen LogP contribution in [0.15, 0.2) is 33.8 Å². The molecule has 4 heteroatoms. The third kappa shape index (κ3) is 4.30. The van der Waals surface area contributed by atoms with Gasteiger partial charge in [-0.2, -0.15) is 5.10 Å². The Morgan fingerprint density at radius 1 is 1.24 bits per heavy atom. The van der Waals surface area contributed by atoms with Crippen LogP contribution in [-0.2, 0) is 0 Å². The van der Waals surface area contributed by atoms with Gasteiger partial charge in [-0.1, -0.05) is 36.7 Å². The average molecular weight is 297 g/mol. The zero-order chi connectivity index (χ0) is 13.1. The maximum absolute atomic E-state index is 11.8. The Morgan fingerprint density at radius 3 is 2.24 bits per heavy atom. The van der Waals surface area contributed by atoms with E-state index < -0.39 is 0 Å². The average Bonchev–Trinajstić information content (AvgIpc) is 2.25. The van der Waals surface area contributed by atoms with E-state index in [9.17, 15) is 4.79 Å². The summed E-state index contributed by atoms with van der Waals surface area (Å²) >= 11 is 3.32. The number of carbonyl (C=O) groups excluding carboxylic acids is 1. The monoisotopic (exact) mass is 296 g/mol. The molecule has 0 bridgehead atoms. The molecule has 0 aliphatic heterocycles. The molecule has 0 unspecified atom stereocenters. The Bertz CT molecular complexity index is 430. The maximum Gasteiger partial charge on any atom is 0.271 e. The molecular formula is C13H17BrN2O. The highest BCUT2D eigenvalue weighted by Gasteiger charge is 2.14. The number of rotatable bonds is 2. The lowest BCUT2D eigenvalue weighted by molar-refractivity contribution is 0.0954. The number of hydrogen-bond acceptors (Lipinski definition) is 2. The van der Waals surface area contributed by atoms with Gasteiger partial charge in [0.15, 0.2) is 0 Å². The highest BCUT2D eigenvalue weighted by atomic mass is 79.9. The summed E-state index contributed by atoms with van der Waals surface area (Å²) in [5.74, 6) is -0.193. The van der Waals surface area contributed by atoms with E-state index >= 15 is 0 Å². The van der Waals surface area contributed by atoms with Gasteiger partial charge in [0, 0.05) is 21.2 Å². The van der Waals surface area contributed by atoms with Gasteiger partial charge < -0.3 is 0 Å². The Kier molecular flexibility index (Phi) is 4.46. The lowest BCUT2D eigenvalue weighted by Crippen LogP contribution is -2.24. The molecule has 0 saturated carbocycles. The van der Waals surface area contributed by atoms with Crippen molar-refractivity contribution in [2.24, 2.45) is 10.5 Å². The molecule has 1 rings (SSSR count). The van der Waals surface area contributed by atoms with Crippen molar-refractivity contribution in [1.82, 2.24) is 5.43 Å². The van der Waals surface area contributed by atoms with E-state index in [1.54, 1.807) is 12.1 Å². The van der Waals surface area contributed by atoms with Crippen molar-refractivity contribution in [3.63, 3.8) is 0 Å². The van der Waals surface area contributed by atoms with Gasteiger partial charge in [0.25, 0.3) is 5.91 Å². The zero-order valence-electron chi connectivity index (χ0n) is 10.5. The SMILES string of the molecule is CC(=NNC(=O)c1ccc(Br)cc1)C(C)(C)C. The molecule has 0 saturated heterocycles. The van der Waals surface area contributed by atoms with Crippen LogP contribution in [-0.4, -0.2) is 11.6 Å². The molecule has 1 aromatic carbocycles. The second-order valence-electron chi connectivity index (χ2n) is 4.90. The lowest BCUT2D eigenvalue weighted by Gasteiger charge is -2.17. The summed E-state index contributed by atoms with van der Waals surface area (Å²) in [6.07, 6.45) is 0. The fraction of sp³-hybridized carbons (Fsp3) is 0.385. The molecule has 1 aromatic rings. The van der Waals surface area contributed by atoms with Gasteiger partial charge in [-0.05, 0) is 31.2 Å². The highest BCUT2D eigenvalue weighted by molar-refractivity contribution is 9.10. The van der Waals surface area contributed by atoms with Gasteiger partial charge in [0.1, 0.15) is 0 Å².